The second-order valence-electron chi connectivity index (χ2n) is 5.26. The Morgan fingerprint density at radius 3 is 2.50 bits per heavy atom. The number of aryl methyl sites for hydroxylation is 1. The molecule has 0 fully saturated rings. The van der Waals surface area contributed by atoms with E-state index in [1.165, 1.54) is 44.1 Å². The molecule has 0 saturated heterocycles. The predicted molar refractivity (Wildman–Crippen MR) is 81.8 cm³/mol. The molecule has 1 aromatic rings. The van der Waals surface area contributed by atoms with Gasteiger partial charge >= 0.3 is 5.97 Å². The summed E-state index contributed by atoms with van der Waals surface area (Å²) < 4.78 is 0. The molecule has 0 saturated carbocycles. The molecule has 1 rings (SSSR count). The van der Waals surface area contributed by atoms with Gasteiger partial charge in [-0.3, -0.25) is 4.98 Å². The number of pyridine rings is 1. The number of carboxylic acids is 1. The summed E-state index contributed by atoms with van der Waals surface area (Å²) in [5.74, 6) is -0.956. The van der Waals surface area contributed by atoms with Gasteiger partial charge in [0, 0.05) is 23.9 Å². The van der Waals surface area contributed by atoms with Gasteiger partial charge in [0.25, 0.3) is 0 Å². The van der Waals surface area contributed by atoms with E-state index in [4.69, 9.17) is 5.11 Å². The van der Waals surface area contributed by atoms with Crippen molar-refractivity contribution in [1.29, 1.82) is 0 Å². The van der Waals surface area contributed by atoms with Crippen LogP contribution in [0.5, 0.6) is 0 Å². The molecule has 3 heteroatoms. The lowest BCUT2D eigenvalue weighted by Gasteiger charge is -2.04. The number of hydrogen-bond donors (Lipinski definition) is 1. The molecule has 0 bridgehead atoms. The molecule has 1 heterocycles. The summed E-state index contributed by atoms with van der Waals surface area (Å²) in [6.45, 7) is 5.75. The lowest BCUT2D eigenvalue weighted by Crippen LogP contribution is -2.03. The zero-order valence-corrected chi connectivity index (χ0v) is 12.4. The van der Waals surface area contributed by atoms with Crippen molar-refractivity contribution in [2.24, 2.45) is 0 Å². The Balaban J connectivity index is 2.28. The molecule has 1 aromatic heterocycles. The monoisotopic (exact) mass is 275 g/mol. The minimum Gasteiger partial charge on any atom is -0.478 e. The summed E-state index contributed by atoms with van der Waals surface area (Å²) in [6, 6.07) is 3.95. The summed E-state index contributed by atoms with van der Waals surface area (Å²) >= 11 is 0. The summed E-state index contributed by atoms with van der Waals surface area (Å²) in [5, 5.41) is 8.78. The number of carboxylic acid groups (broad SMARTS) is 1. The Kier molecular flexibility index (Phi) is 7.63. The zero-order valence-electron chi connectivity index (χ0n) is 12.4. The third-order valence-corrected chi connectivity index (χ3v) is 3.40. The van der Waals surface area contributed by atoms with Crippen molar-refractivity contribution < 1.29 is 9.90 Å². The first-order valence-electron chi connectivity index (χ1n) is 7.48. The van der Waals surface area contributed by atoms with Gasteiger partial charge in [-0.1, -0.05) is 51.7 Å². The highest BCUT2D eigenvalue weighted by Crippen LogP contribution is 2.11. The molecule has 0 aliphatic rings. The van der Waals surface area contributed by atoms with Crippen molar-refractivity contribution in [2.45, 2.75) is 58.3 Å². The van der Waals surface area contributed by atoms with Crippen LogP contribution in [0.1, 0.15) is 56.7 Å². The fraction of sp³-hybridized carbons (Fsp3) is 0.529. The van der Waals surface area contributed by atoms with E-state index >= 15 is 0 Å². The summed E-state index contributed by atoms with van der Waals surface area (Å²) in [5.41, 5.74) is 2.18. The first kappa shape index (κ1) is 16.4. The Labute approximate surface area is 121 Å². The Hall–Kier alpha value is -1.64. The molecule has 3 nitrogen and oxygen atoms in total. The third-order valence-electron chi connectivity index (χ3n) is 3.40. The van der Waals surface area contributed by atoms with Crippen molar-refractivity contribution >= 4 is 5.97 Å². The molecule has 0 aliphatic carbocycles. The summed E-state index contributed by atoms with van der Waals surface area (Å²) in [6.07, 6.45) is 11.0. The van der Waals surface area contributed by atoms with Crippen LogP contribution in [0.3, 0.4) is 0 Å². The van der Waals surface area contributed by atoms with E-state index in [-0.39, 0.29) is 5.57 Å². The molecule has 0 atom stereocenters. The van der Waals surface area contributed by atoms with E-state index < -0.39 is 5.97 Å². The first-order valence-corrected chi connectivity index (χ1v) is 7.48. The second-order valence-corrected chi connectivity index (χ2v) is 5.26. The van der Waals surface area contributed by atoms with Crippen LogP contribution in [0.4, 0.5) is 0 Å². The molecule has 20 heavy (non-hydrogen) atoms. The number of rotatable bonds is 10. The Morgan fingerprint density at radius 2 is 1.90 bits per heavy atom. The van der Waals surface area contributed by atoms with Gasteiger partial charge in [-0.2, -0.15) is 0 Å². The van der Waals surface area contributed by atoms with Crippen molar-refractivity contribution in [2.75, 3.05) is 0 Å². The lowest BCUT2D eigenvalue weighted by molar-refractivity contribution is -0.132. The fourth-order valence-corrected chi connectivity index (χ4v) is 2.11. The largest absolute Gasteiger partial charge is 0.478 e. The third kappa shape index (κ3) is 6.50. The van der Waals surface area contributed by atoms with E-state index in [2.05, 4.69) is 18.5 Å². The van der Waals surface area contributed by atoms with Gasteiger partial charge < -0.3 is 5.11 Å². The van der Waals surface area contributed by atoms with Crippen molar-refractivity contribution in [3.63, 3.8) is 0 Å². The number of carbonyl (C=O) groups is 1. The molecule has 0 aromatic carbocycles. The molecule has 0 radical (unpaired) electrons. The molecular formula is C17H25NO2. The Bertz CT molecular complexity index is 423. The average Bonchev–Trinajstić information content (AvgIpc) is 2.44. The number of hydrogen-bond acceptors (Lipinski definition) is 2. The fourth-order valence-electron chi connectivity index (χ4n) is 2.11. The van der Waals surface area contributed by atoms with E-state index in [9.17, 15) is 4.79 Å². The first-order chi connectivity index (χ1) is 9.63. The van der Waals surface area contributed by atoms with Crippen LogP contribution >= 0.6 is 0 Å². The highest BCUT2D eigenvalue weighted by Gasteiger charge is 2.06. The maximum atomic E-state index is 10.7. The summed E-state index contributed by atoms with van der Waals surface area (Å²) in [7, 11) is 0. The van der Waals surface area contributed by atoms with Crippen LogP contribution in [-0.2, 0) is 17.6 Å². The lowest BCUT2D eigenvalue weighted by atomic mass is 10.1. The van der Waals surface area contributed by atoms with Crippen molar-refractivity contribution in [3.05, 3.63) is 41.7 Å². The molecule has 0 unspecified atom stereocenters. The quantitative estimate of drug-likeness (QED) is 0.515. The maximum Gasteiger partial charge on any atom is 0.331 e. The predicted octanol–water partition coefficient (Wildman–Crippen LogP) is 4.17. The van der Waals surface area contributed by atoms with Crippen molar-refractivity contribution in [1.82, 2.24) is 4.98 Å². The maximum absolute atomic E-state index is 10.7. The normalized spacial score (nSPS) is 10.4. The minimum atomic E-state index is -0.956. The summed E-state index contributed by atoms with van der Waals surface area (Å²) in [4.78, 5) is 15.0. The molecule has 0 spiro atoms. The van der Waals surface area contributed by atoms with Gasteiger partial charge in [0.2, 0.25) is 0 Å². The van der Waals surface area contributed by atoms with E-state index in [0.29, 0.717) is 6.42 Å². The van der Waals surface area contributed by atoms with Gasteiger partial charge in [-0.15, -0.1) is 0 Å². The molecule has 1 N–H and O–H groups in total. The smallest absolute Gasteiger partial charge is 0.331 e. The SMILES string of the molecule is C=C(Cc1ccc(CCCCCCCC)cn1)C(=O)O. The topological polar surface area (TPSA) is 50.2 Å². The van der Waals surface area contributed by atoms with Crippen LogP contribution in [0.2, 0.25) is 0 Å². The van der Waals surface area contributed by atoms with Crippen LogP contribution in [0.15, 0.2) is 30.5 Å². The van der Waals surface area contributed by atoms with Gasteiger partial charge in [-0.05, 0) is 24.5 Å². The number of nitrogens with zero attached hydrogens (tertiary/aromatic N) is 1. The Morgan fingerprint density at radius 1 is 1.20 bits per heavy atom. The minimum absolute atomic E-state index is 0.182. The number of unbranched alkanes of at least 4 members (excludes halogenated alkanes) is 5. The van der Waals surface area contributed by atoms with Crippen LogP contribution < -0.4 is 0 Å². The van der Waals surface area contributed by atoms with Gasteiger partial charge in [0.05, 0.1) is 0 Å². The van der Waals surface area contributed by atoms with Gasteiger partial charge in [0.1, 0.15) is 0 Å². The van der Waals surface area contributed by atoms with Crippen molar-refractivity contribution in [3.8, 4) is 0 Å². The van der Waals surface area contributed by atoms with Crippen LogP contribution in [-0.4, -0.2) is 16.1 Å². The standard InChI is InChI=1S/C17H25NO2/c1-3-4-5-6-7-8-9-15-10-11-16(18-13-15)12-14(2)17(19)20/h10-11,13H,2-9,12H2,1H3,(H,19,20). The second kappa shape index (κ2) is 9.29. The molecule has 0 aliphatic heterocycles. The van der Waals surface area contributed by atoms with Crippen LogP contribution in [0, 0.1) is 0 Å². The van der Waals surface area contributed by atoms with Gasteiger partial charge in [-0.25, -0.2) is 4.79 Å². The molecule has 110 valence electrons. The van der Waals surface area contributed by atoms with E-state index in [1.807, 2.05) is 18.3 Å². The van der Waals surface area contributed by atoms with E-state index in [1.54, 1.807) is 0 Å². The van der Waals surface area contributed by atoms with E-state index in [0.717, 1.165) is 12.1 Å². The average molecular weight is 275 g/mol. The highest BCUT2D eigenvalue weighted by atomic mass is 16.4. The zero-order chi connectivity index (χ0) is 14.8. The number of aliphatic carboxylic acids is 1. The molecular weight excluding hydrogens is 250 g/mol. The highest BCUT2D eigenvalue weighted by molar-refractivity contribution is 5.86. The molecule has 0 amide bonds. The van der Waals surface area contributed by atoms with Gasteiger partial charge in [0.15, 0.2) is 0 Å². The number of aromatic nitrogens is 1. The van der Waals surface area contributed by atoms with Crippen LogP contribution in [0.25, 0.3) is 0 Å².